The SMILES string of the molecule is Cc1ccc(C(N)C(C)S(=O)CC(C)C)cc1. The van der Waals surface area contributed by atoms with Crippen LogP contribution in [0.25, 0.3) is 0 Å². The summed E-state index contributed by atoms with van der Waals surface area (Å²) in [6, 6.07) is 8.02. The van der Waals surface area contributed by atoms with Crippen LogP contribution in [0.15, 0.2) is 24.3 Å². The molecule has 0 saturated carbocycles. The highest BCUT2D eigenvalue weighted by molar-refractivity contribution is 7.85. The maximum Gasteiger partial charge on any atom is 0.0512 e. The van der Waals surface area contributed by atoms with E-state index in [0.717, 1.165) is 11.3 Å². The van der Waals surface area contributed by atoms with Gasteiger partial charge in [0, 0.05) is 22.6 Å². The first-order valence-electron chi connectivity index (χ1n) is 6.11. The molecule has 0 bridgehead atoms. The van der Waals surface area contributed by atoms with E-state index in [4.69, 9.17) is 5.73 Å². The van der Waals surface area contributed by atoms with Crippen molar-refractivity contribution in [2.45, 2.75) is 39.0 Å². The van der Waals surface area contributed by atoms with Crippen molar-refractivity contribution in [3.8, 4) is 0 Å². The minimum absolute atomic E-state index is 0.0000983. The Kier molecular flexibility index (Phi) is 5.34. The van der Waals surface area contributed by atoms with Gasteiger partial charge in [0.25, 0.3) is 0 Å². The molecule has 2 nitrogen and oxygen atoms in total. The van der Waals surface area contributed by atoms with Crippen molar-refractivity contribution in [2.75, 3.05) is 5.75 Å². The van der Waals surface area contributed by atoms with Gasteiger partial charge in [-0.1, -0.05) is 43.7 Å². The third-order valence-electron chi connectivity index (χ3n) is 2.88. The molecule has 96 valence electrons. The van der Waals surface area contributed by atoms with Crippen molar-refractivity contribution in [2.24, 2.45) is 11.7 Å². The Balaban J connectivity index is 2.72. The lowest BCUT2D eigenvalue weighted by Gasteiger charge is -2.21. The van der Waals surface area contributed by atoms with Gasteiger partial charge < -0.3 is 5.73 Å². The van der Waals surface area contributed by atoms with E-state index in [0.29, 0.717) is 5.92 Å². The van der Waals surface area contributed by atoms with Gasteiger partial charge >= 0.3 is 0 Å². The van der Waals surface area contributed by atoms with Gasteiger partial charge in [-0.2, -0.15) is 0 Å². The van der Waals surface area contributed by atoms with Crippen LogP contribution in [0.2, 0.25) is 0 Å². The predicted octanol–water partition coefficient (Wildman–Crippen LogP) is 2.79. The van der Waals surface area contributed by atoms with Gasteiger partial charge in [0.15, 0.2) is 0 Å². The molecule has 0 spiro atoms. The average Bonchev–Trinajstić information content (AvgIpc) is 2.27. The quantitative estimate of drug-likeness (QED) is 0.877. The first kappa shape index (κ1) is 14.4. The van der Waals surface area contributed by atoms with E-state index < -0.39 is 10.8 Å². The van der Waals surface area contributed by atoms with Crippen molar-refractivity contribution >= 4 is 10.8 Å². The van der Waals surface area contributed by atoms with Crippen LogP contribution in [0.4, 0.5) is 0 Å². The lowest BCUT2D eigenvalue weighted by molar-refractivity contribution is 0.629. The normalized spacial score (nSPS) is 16.8. The molecular weight excluding hydrogens is 230 g/mol. The van der Waals surface area contributed by atoms with Crippen molar-refractivity contribution in [3.05, 3.63) is 35.4 Å². The Morgan fingerprint density at radius 3 is 2.18 bits per heavy atom. The lowest BCUT2D eigenvalue weighted by Crippen LogP contribution is -2.29. The Hall–Kier alpha value is -0.670. The maximum atomic E-state index is 12.1. The van der Waals surface area contributed by atoms with E-state index in [2.05, 4.69) is 20.8 Å². The van der Waals surface area contributed by atoms with E-state index in [-0.39, 0.29) is 11.3 Å². The Bertz CT molecular complexity index is 372. The Morgan fingerprint density at radius 1 is 1.18 bits per heavy atom. The molecule has 0 amide bonds. The molecule has 3 atom stereocenters. The van der Waals surface area contributed by atoms with Gasteiger partial charge in [-0.25, -0.2) is 0 Å². The molecule has 17 heavy (non-hydrogen) atoms. The average molecular weight is 253 g/mol. The molecule has 1 aromatic carbocycles. The van der Waals surface area contributed by atoms with Gasteiger partial charge in [0.2, 0.25) is 0 Å². The van der Waals surface area contributed by atoms with Crippen LogP contribution >= 0.6 is 0 Å². The first-order valence-corrected chi connectivity index (χ1v) is 7.49. The molecule has 0 aliphatic carbocycles. The van der Waals surface area contributed by atoms with Crippen LogP contribution in [-0.2, 0) is 10.8 Å². The van der Waals surface area contributed by atoms with Crippen molar-refractivity contribution in [3.63, 3.8) is 0 Å². The molecule has 2 N–H and O–H groups in total. The molecule has 0 saturated heterocycles. The number of nitrogens with two attached hydrogens (primary N) is 1. The third-order valence-corrected chi connectivity index (χ3v) is 5.00. The molecule has 0 radical (unpaired) electrons. The number of aryl methyl sites for hydroxylation is 1. The molecule has 0 aromatic heterocycles. The highest BCUT2D eigenvalue weighted by Gasteiger charge is 2.21. The number of hydrogen-bond acceptors (Lipinski definition) is 2. The van der Waals surface area contributed by atoms with Crippen LogP contribution in [0, 0.1) is 12.8 Å². The van der Waals surface area contributed by atoms with Crippen LogP contribution in [0.5, 0.6) is 0 Å². The molecule has 3 heteroatoms. The second kappa shape index (κ2) is 6.31. The van der Waals surface area contributed by atoms with E-state index in [9.17, 15) is 4.21 Å². The largest absolute Gasteiger partial charge is 0.323 e. The van der Waals surface area contributed by atoms with Gasteiger partial charge in [-0.15, -0.1) is 0 Å². The summed E-state index contributed by atoms with van der Waals surface area (Å²) in [4.78, 5) is 0. The minimum atomic E-state index is -0.856. The number of benzene rings is 1. The monoisotopic (exact) mass is 253 g/mol. The van der Waals surface area contributed by atoms with Crippen LogP contribution in [0.3, 0.4) is 0 Å². The second-order valence-corrected chi connectivity index (χ2v) is 6.92. The van der Waals surface area contributed by atoms with Crippen LogP contribution < -0.4 is 5.73 Å². The molecule has 0 aliphatic heterocycles. The summed E-state index contributed by atoms with van der Waals surface area (Å²) in [5, 5.41) is 0.0000983. The van der Waals surface area contributed by atoms with Gasteiger partial charge in [-0.3, -0.25) is 4.21 Å². The molecule has 1 aromatic rings. The van der Waals surface area contributed by atoms with E-state index in [1.165, 1.54) is 5.56 Å². The zero-order chi connectivity index (χ0) is 13.0. The summed E-state index contributed by atoms with van der Waals surface area (Å²) in [5.74, 6) is 1.17. The minimum Gasteiger partial charge on any atom is -0.323 e. The number of rotatable bonds is 5. The zero-order valence-corrected chi connectivity index (χ0v) is 12.0. The topological polar surface area (TPSA) is 43.1 Å². The fourth-order valence-corrected chi connectivity index (χ4v) is 3.15. The zero-order valence-electron chi connectivity index (χ0n) is 11.1. The van der Waals surface area contributed by atoms with Crippen molar-refractivity contribution < 1.29 is 4.21 Å². The van der Waals surface area contributed by atoms with Gasteiger partial charge in [0.1, 0.15) is 0 Å². The molecule has 0 fully saturated rings. The van der Waals surface area contributed by atoms with Crippen molar-refractivity contribution in [1.29, 1.82) is 0 Å². The molecular formula is C14H23NOS. The maximum absolute atomic E-state index is 12.1. The van der Waals surface area contributed by atoms with Gasteiger partial charge in [0.05, 0.1) is 5.25 Å². The summed E-state index contributed by atoms with van der Waals surface area (Å²) in [6.45, 7) is 8.20. The Labute approximate surface area is 107 Å². The Morgan fingerprint density at radius 2 is 1.71 bits per heavy atom. The summed E-state index contributed by atoms with van der Waals surface area (Å²) < 4.78 is 12.1. The smallest absolute Gasteiger partial charge is 0.0512 e. The van der Waals surface area contributed by atoms with Crippen molar-refractivity contribution in [1.82, 2.24) is 0 Å². The summed E-state index contributed by atoms with van der Waals surface area (Å²) in [5.41, 5.74) is 8.46. The molecule has 3 unspecified atom stereocenters. The van der Waals surface area contributed by atoms with E-state index in [1.54, 1.807) is 0 Å². The van der Waals surface area contributed by atoms with Gasteiger partial charge in [-0.05, 0) is 25.3 Å². The predicted molar refractivity (Wildman–Crippen MR) is 75.4 cm³/mol. The fourth-order valence-electron chi connectivity index (χ4n) is 1.70. The molecule has 0 heterocycles. The third kappa shape index (κ3) is 4.25. The lowest BCUT2D eigenvalue weighted by atomic mass is 10.0. The summed E-state index contributed by atoms with van der Waals surface area (Å²) in [6.07, 6.45) is 0. The van der Waals surface area contributed by atoms with Crippen LogP contribution in [0.1, 0.15) is 37.9 Å². The molecule has 0 aliphatic rings. The van der Waals surface area contributed by atoms with E-state index >= 15 is 0 Å². The standard InChI is InChI=1S/C14H23NOS/c1-10(2)9-17(16)12(4)14(15)13-7-5-11(3)6-8-13/h5-8,10,12,14H,9,15H2,1-4H3. The fraction of sp³-hybridized carbons (Fsp3) is 0.571. The summed E-state index contributed by atoms with van der Waals surface area (Å²) >= 11 is 0. The molecule has 1 rings (SSSR count). The summed E-state index contributed by atoms with van der Waals surface area (Å²) in [7, 11) is -0.856. The second-order valence-electron chi connectivity index (χ2n) is 5.08. The highest BCUT2D eigenvalue weighted by atomic mass is 32.2. The highest BCUT2D eigenvalue weighted by Crippen LogP contribution is 2.19. The van der Waals surface area contributed by atoms with Crippen LogP contribution in [-0.4, -0.2) is 15.2 Å². The number of hydrogen-bond donors (Lipinski definition) is 1. The first-order chi connectivity index (χ1) is 7.91. The van der Waals surface area contributed by atoms with E-state index in [1.807, 2.05) is 31.2 Å².